The first kappa shape index (κ1) is 20.0. The summed E-state index contributed by atoms with van der Waals surface area (Å²) in [7, 11) is 0. The zero-order chi connectivity index (χ0) is 19.4. The van der Waals surface area contributed by atoms with Crippen LogP contribution in [0.25, 0.3) is 0 Å². The zero-order valence-corrected chi connectivity index (χ0v) is 17.6. The van der Waals surface area contributed by atoms with Crippen molar-refractivity contribution < 1.29 is 14.3 Å². The van der Waals surface area contributed by atoms with Crippen molar-refractivity contribution in [2.75, 3.05) is 25.1 Å². The Bertz CT molecular complexity index is 812. The number of carbonyl (C=O) groups excluding carboxylic acids is 1. The molecule has 144 valence electrons. The van der Waals surface area contributed by atoms with Gasteiger partial charge in [-0.2, -0.15) is 0 Å². The fourth-order valence-electron chi connectivity index (χ4n) is 2.97. The number of hydrogen-bond donors (Lipinski definition) is 2. The minimum absolute atomic E-state index is 0.0525. The summed E-state index contributed by atoms with van der Waals surface area (Å²) in [5.41, 5.74) is 1.75. The van der Waals surface area contributed by atoms with E-state index in [1.54, 1.807) is 6.07 Å². The minimum Gasteiger partial charge on any atom is -0.486 e. The van der Waals surface area contributed by atoms with E-state index in [1.807, 2.05) is 30.3 Å². The summed E-state index contributed by atoms with van der Waals surface area (Å²) >= 11 is 9.44. The molecule has 27 heavy (non-hydrogen) atoms. The van der Waals surface area contributed by atoms with Gasteiger partial charge in [0.1, 0.15) is 13.2 Å². The van der Waals surface area contributed by atoms with Crippen molar-refractivity contribution in [3.63, 3.8) is 0 Å². The first-order valence-corrected chi connectivity index (χ1v) is 9.99. The number of benzene rings is 2. The van der Waals surface area contributed by atoms with Gasteiger partial charge in [0.15, 0.2) is 11.5 Å². The number of amides is 1. The summed E-state index contributed by atoms with van der Waals surface area (Å²) in [5.74, 6) is 1.49. The van der Waals surface area contributed by atoms with Gasteiger partial charge in [0, 0.05) is 27.7 Å². The van der Waals surface area contributed by atoms with Crippen molar-refractivity contribution in [2.45, 2.75) is 19.9 Å². The van der Waals surface area contributed by atoms with Gasteiger partial charge in [0.2, 0.25) is 5.91 Å². The molecule has 0 aliphatic carbocycles. The number of carbonyl (C=O) groups is 1. The molecule has 0 bridgehead atoms. The molecular weight excluding hydrogens is 432 g/mol. The molecule has 3 rings (SSSR count). The maximum absolute atomic E-state index is 12.5. The number of halogens is 2. The second-order valence-corrected chi connectivity index (χ2v) is 7.97. The monoisotopic (exact) mass is 452 g/mol. The number of anilines is 1. The lowest BCUT2D eigenvalue weighted by Gasteiger charge is -2.23. The van der Waals surface area contributed by atoms with Gasteiger partial charge in [0.05, 0.1) is 12.2 Å². The second-order valence-electron chi connectivity index (χ2n) is 6.68. The Hall–Kier alpha value is -1.76. The van der Waals surface area contributed by atoms with E-state index < -0.39 is 0 Å². The average molecular weight is 454 g/mol. The molecule has 0 unspecified atom stereocenters. The molecule has 1 atom stereocenters. The largest absolute Gasteiger partial charge is 0.486 e. The Morgan fingerprint density at radius 3 is 2.41 bits per heavy atom. The Labute approximate surface area is 172 Å². The third-order valence-electron chi connectivity index (χ3n) is 4.28. The number of hydrogen-bond acceptors (Lipinski definition) is 4. The maximum atomic E-state index is 12.5. The highest BCUT2D eigenvalue weighted by molar-refractivity contribution is 9.10. The highest BCUT2D eigenvalue weighted by Crippen LogP contribution is 2.38. The molecule has 1 heterocycles. The Morgan fingerprint density at radius 2 is 1.78 bits per heavy atom. The third-order valence-corrected chi connectivity index (χ3v) is 5.19. The van der Waals surface area contributed by atoms with Crippen LogP contribution in [0.2, 0.25) is 5.02 Å². The van der Waals surface area contributed by atoms with Gasteiger partial charge in [0.25, 0.3) is 0 Å². The lowest BCUT2D eigenvalue weighted by atomic mass is 9.96. The normalized spacial score (nSPS) is 14.1. The van der Waals surface area contributed by atoms with Gasteiger partial charge in [-0.15, -0.1) is 0 Å². The molecule has 1 aliphatic heterocycles. The molecule has 7 heteroatoms. The molecule has 5 nitrogen and oxygen atoms in total. The van der Waals surface area contributed by atoms with Crippen molar-refractivity contribution in [3.8, 4) is 11.5 Å². The van der Waals surface area contributed by atoms with Crippen molar-refractivity contribution in [2.24, 2.45) is 5.92 Å². The van der Waals surface area contributed by atoms with E-state index in [4.69, 9.17) is 21.1 Å². The minimum atomic E-state index is -0.132. The summed E-state index contributed by atoms with van der Waals surface area (Å²) in [6, 6.07) is 11.3. The number of nitrogens with one attached hydrogen (secondary N) is 2. The summed E-state index contributed by atoms with van der Waals surface area (Å²) in [6.45, 7) is 5.44. The molecule has 2 aromatic rings. The van der Waals surface area contributed by atoms with Crippen LogP contribution in [0.15, 0.2) is 40.9 Å². The predicted molar refractivity (Wildman–Crippen MR) is 111 cm³/mol. The molecular formula is C20H22BrClN2O3. The van der Waals surface area contributed by atoms with Gasteiger partial charge >= 0.3 is 0 Å². The van der Waals surface area contributed by atoms with Crippen molar-refractivity contribution in [3.05, 3.63) is 51.5 Å². The van der Waals surface area contributed by atoms with E-state index in [0.717, 1.165) is 10.0 Å². The van der Waals surface area contributed by atoms with E-state index in [2.05, 4.69) is 40.4 Å². The topological polar surface area (TPSA) is 59.6 Å². The van der Waals surface area contributed by atoms with E-state index in [0.29, 0.717) is 41.3 Å². The molecule has 0 saturated carbocycles. The van der Waals surface area contributed by atoms with Gasteiger partial charge < -0.3 is 20.1 Å². The lowest BCUT2D eigenvalue weighted by molar-refractivity contribution is -0.115. The van der Waals surface area contributed by atoms with E-state index in [-0.39, 0.29) is 18.5 Å². The number of rotatable bonds is 6. The van der Waals surface area contributed by atoms with Crippen LogP contribution in [0, 0.1) is 5.92 Å². The third kappa shape index (κ3) is 5.15. The van der Waals surface area contributed by atoms with Crippen LogP contribution in [0.1, 0.15) is 25.5 Å². The molecule has 1 amide bonds. The summed E-state index contributed by atoms with van der Waals surface area (Å²) in [5, 5.41) is 6.94. The number of ether oxygens (including phenoxy) is 2. The highest BCUT2D eigenvalue weighted by Gasteiger charge is 2.19. The van der Waals surface area contributed by atoms with Crippen molar-refractivity contribution >= 4 is 39.1 Å². The molecule has 0 aromatic heterocycles. The standard InChI is InChI=1S/C20H22BrClN2O3/c1-12(2)20(13-3-5-14(22)6-4-13)23-11-19(25)24-16-10-18-17(9-15(16)21)26-7-8-27-18/h3-6,9-10,12,20,23H,7-8,11H2,1-2H3,(H,24,25)/t20-/m0/s1. The van der Waals surface area contributed by atoms with Crippen molar-refractivity contribution in [1.82, 2.24) is 5.32 Å². The first-order chi connectivity index (χ1) is 12.9. The number of fused-ring (bicyclic) bond motifs is 1. The van der Waals surface area contributed by atoms with Crippen LogP contribution in [0.5, 0.6) is 11.5 Å². The predicted octanol–water partition coefficient (Wildman–Crippen LogP) is 4.80. The molecule has 0 spiro atoms. The molecule has 2 N–H and O–H groups in total. The highest BCUT2D eigenvalue weighted by atomic mass is 79.9. The van der Waals surface area contributed by atoms with Crippen LogP contribution in [-0.4, -0.2) is 25.7 Å². The summed E-state index contributed by atoms with van der Waals surface area (Å²) < 4.78 is 11.9. The van der Waals surface area contributed by atoms with Gasteiger partial charge in [-0.1, -0.05) is 37.6 Å². The lowest BCUT2D eigenvalue weighted by Crippen LogP contribution is -2.33. The van der Waals surface area contributed by atoms with Crippen molar-refractivity contribution in [1.29, 1.82) is 0 Å². The molecule has 1 aliphatic rings. The van der Waals surface area contributed by atoms with E-state index in [9.17, 15) is 4.79 Å². The van der Waals surface area contributed by atoms with E-state index in [1.165, 1.54) is 0 Å². The molecule has 0 saturated heterocycles. The van der Waals surface area contributed by atoms with Crippen LogP contribution >= 0.6 is 27.5 Å². The fraction of sp³-hybridized carbons (Fsp3) is 0.350. The van der Waals surface area contributed by atoms with Gasteiger partial charge in [-0.25, -0.2) is 0 Å². The second kappa shape index (κ2) is 8.95. The fourth-order valence-corrected chi connectivity index (χ4v) is 3.51. The zero-order valence-electron chi connectivity index (χ0n) is 15.2. The summed E-state index contributed by atoms with van der Waals surface area (Å²) in [6.07, 6.45) is 0. The quantitative estimate of drug-likeness (QED) is 0.660. The molecule has 0 fully saturated rings. The SMILES string of the molecule is CC(C)[C@H](NCC(=O)Nc1cc2c(cc1Br)OCCO2)c1ccc(Cl)cc1. The Morgan fingerprint density at radius 1 is 1.15 bits per heavy atom. The molecule has 0 radical (unpaired) electrons. The van der Waals surface area contributed by atoms with Crippen LogP contribution in [0.4, 0.5) is 5.69 Å². The Kier molecular flexibility index (Phi) is 6.63. The van der Waals surface area contributed by atoms with Crippen LogP contribution < -0.4 is 20.1 Å². The molecule has 2 aromatic carbocycles. The average Bonchev–Trinajstić information content (AvgIpc) is 2.63. The van der Waals surface area contributed by atoms with Gasteiger partial charge in [-0.05, 0) is 39.5 Å². The van der Waals surface area contributed by atoms with Gasteiger partial charge in [-0.3, -0.25) is 4.79 Å². The smallest absolute Gasteiger partial charge is 0.238 e. The first-order valence-electron chi connectivity index (χ1n) is 8.82. The van der Waals surface area contributed by atoms with Crippen LogP contribution in [-0.2, 0) is 4.79 Å². The Balaban J connectivity index is 1.64. The van der Waals surface area contributed by atoms with Crippen LogP contribution in [0.3, 0.4) is 0 Å². The van der Waals surface area contributed by atoms with E-state index >= 15 is 0 Å². The summed E-state index contributed by atoms with van der Waals surface area (Å²) in [4.78, 5) is 12.5. The maximum Gasteiger partial charge on any atom is 0.238 e.